The van der Waals surface area contributed by atoms with Gasteiger partial charge in [-0.1, -0.05) is 36.4 Å². The van der Waals surface area contributed by atoms with E-state index in [9.17, 15) is 35.9 Å². The number of hydrogen-bond donors (Lipinski definition) is 0. The van der Waals surface area contributed by atoms with Crippen molar-refractivity contribution in [2.75, 3.05) is 13.2 Å². The van der Waals surface area contributed by atoms with Gasteiger partial charge < -0.3 is 18.3 Å². The van der Waals surface area contributed by atoms with E-state index in [0.717, 1.165) is 0 Å². The van der Waals surface area contributed by atoms with Gasteiger partial charge in [0, 0.05) is 22.9 Å². The maximum absolute atomic E-state index is 12.1. The summed E-state index contributed by atoms with van der Waals surface area (Å²) in [6.07, 6.45) is -8.83. The van der Waals surface area contributed by atoms with E-state index < -0.39 is 36.8 Å². The van der Waals surface area contributed by atoms with Crippen LogP contribution in [0.15, 0.2) is 103 Å². The molecule has 2 aromatic heterocycles. The molecular weight excluding hydrogens is 570 g/mol. The molecule has 0 unspecified atom stereocenters. The van der Waals surface area contributed by atoms with Crippen LogP contribution in [-0.4, -0.2) is 25.6 Å². The zero-order valence-electron chi connectivity index (χ0n) is 21.2. The Morgan fingerprint density at radius 3 is 1.21 bits per heavy atom. The normalized spacial score (nSPS) is 12.0. The van der Waals surface area contributed by atoms with E-state index >= 15 is 0 Å². The molecule has 0 saturated heterocycles. The molecule has 0 bridgehead atoms. The largest absolute Gasteiger partial charge is 0.484 e. The van der Waals surface area contributed by atoms with Crippen LogP contribution in [0, 0.1) is 0 Å². The van der Waals surface area contributed by atoms with Gasteiger partial charge in [0.25, 0.3) is 0 Å². The topological polar surface area (TPSA) is 78.9 Å². The van der Waals surface area contributed by atoms with E-state index in [2.05, 4.69) is 9.47 Å². The summed E-state index contributed by atoms with van der Waals surface area (Å²) in [6.45, 7) is -2.79. The van der Waals surface area contributed by atoms with E-state index in [1.165, 1.54) is 24.3 Å². The fraction of sp³-hybridized carbons (Fsp3) is 0.133. The van der Waals surface area contributed by atoms with Crippen molar-refractivity contribution in [3.05, 3.63) is 106 Å². The van der Waals surface area contributed by atoms with Crippen molar-refractivity contribution in [1.82, 2.24) is 0 Å². The Morgan fingerprint density at radius 1 is 0.500 bits per heavy atom. The maximum atomic E-state index is 12.1. The molecule has 4 aromatic carbocycles. The minimum absolute atomic E-state index is 0.00161. The molecule has 0 atom stereocenters. The second kappa shape index (κ2) is 11.1. The summed E-state index contributed by atoms with van der Waals surface area (Å²) in [6, 6.07) is 22.3. The zero-order chi connectivity index (χ0) is 30.1. The molecular formula is C30H18F6O6. The van der Waals surface area contributed by atoms with Crippen LogP contribution in [0.1, 0.15) is 0 Å². The molecule has 0 aliphatic rings. The van der Waals surface area contributed by atoms with Gasteiger partial charge in [0.15, 0.2) is 13.2 Å². The molecule has 2 heterocycles. The van der Waals surface area contributed by atoms with Gasteiger partial charge in [-0.25, -0.2) is 9.59 Å². The Labute approximate surface area is 231 Å². The highest BCUT2D eigenvalue weighted by atomic mass is 19.4. The molecule has 0 fully saturated rings. The van der Waals surface area contributed by atoms with Crippen LogP contribution >= 0.6 is 0 Å². The molecule has 42 heavy (non-hydrogen) atoms. The lowest BCUT2D eigenvalue weighted by Gasteiger charge is -2.09. The maximum Gasteiger partial charge on any atom is 0.422 e. The van der Waals surface area contributed by atoms with Gasteiger partial charge in [-0.2, -0.15) is 26.3 Å². The summed E-state index contributed by atoms with van der Waals surface area (Å²) in [5.74, 6) is -0.00323. The van der Waals surface area contributed by atoms with Crippen molar-refractivity contribution < 1.29 is 44.7 Å². The van der Waals surface area contributed by atoms with Crippen molar-refractivity contribution in [3.8, 4) is 11.5 Å². The van der Waals surface area contributed by atoms with E-state index in [-0.39, 0.29) is 22.7 Å². The Balaban J connectivity index is 0.000000168. The standard InChI is InChI=1S/2C15H9F3O3/c2*16-15(17,18)8-20-9-5-6-11-10-3-1-2-4-12(10)14(19)21-13(11)7-9/h2*1-7H,8H2. The Morgan fingerprint density at radius 2 is 0.857 bits per heavy atom. The number of alkyl halides is 6. The third-order valence-corrected chi connectivity index (χ3v) is 5.99. The third kappa shape index (κ3) is 6.48. The van der Waals surface area contributed by atoms with Gasteiger partial charge in [-0.15, -0.1) is 0 Å². The van der Waals surface area contributed by atoms with Crippen molar-refractivity contribution in [2.45, 2.75) is 12.4 Å². The quantitative estimate of drug-likeness (QED) is 0.119. The minimum Gasteiger partial charge on any atom is -0.484 e. The number of rotatable bonds is 4. The average Bonchev–Trinajstić information content (AvgIpc) is 2.95. The van der Waals surface area contributed by atoms with E-state index in [1.54, 1.807) is 60.7 Å². The molecule has 0 saturated carbocycles. The second-order valence-corrected chi connectivity index (χ2v) is 8.99. The average molecular weight is 588 g/mol. The molecule has 12 heteroatoms. The monoisotopic (exact) mass is 588 g/mol. The Bertz CT molecular complexity index is 1880. The van der Waals surface area contributed by atoms with Crippen molar-refractivity contribution in [1.29, 1.82) is 0 Å². The summed E-state index contributed by atoms with van der Waals surface area (Å²) < 4.78 is 92.3. The molecule has 6 aromatic rings. The first kappa shape index (κ1) is 28.5. The van der Waals surface area contributed by atoms with Crippen LogP contribution in [0.4, 0.5) is 26.3 Å². The van der Waals surface area contributed by atoms with Crippen molar-refractivity contribution >= 4 is 43.5 Å². The second-order valence-electron chi connectivity index (χ2n) is 8.99. The van der Waals surface area contributed by atoms with Gasteiger partial charge in [0.1, 0.15) is 22.7 Å². The molecule has 0 aliphatic carbocycles. The Kier molecular flexibility index (Phi) is 7.55. The summed E-state index contributed by atoms with van der Waals surface area (Å²) >= 11 is 0. The SMILES string of the molecule is O=c1oc2cc(OCC(F)(F)F)ccc2c2ccccc12.O=c1oc2cc(OCC(F)(F)F)ccc2c2ccccc12. The smallest absolute Gasteiger partial charge is 0.422 e. The molecule has 0 spiro atoms. The summed E-state index contributed by atoms with van der Waals surface area (Å²) in [5, 5.41) is 3.51. The Hall–Kier alpha value is -5.00. The van der Waals surface area contributed by atoms with Crippen LogP contribution in [0.2, 0.25) is 0 Å². The molecule has 0 aliphatic heterocycles. The van der Waals surface area contributed by atoms with E-state index in [0.29, 0.717) is 32.3 Å². The predicted octanol–water partition coefficient (Wildman–Crippen LogP) is 7.77. The number of fused-ring (bicyclic) bond motifs is 6. The van der Waals surface area contributed by atoms with Gasteiger partial charge in [0.2, 0.25) is 0 Å². The lowest BCUT2D eigenvalue weighted by Crippen LogP contribution is -2.19. The number of halogens is 6. The lowest BCUT2D eigenvalue weighted by molar-refractivity contribution is -0.154. The third-order valence-electron chi connectivity index (χ3n) is 5.99. The summed E-state index contributed by atoms with van der Waals surface area (Å²) in [7, 11) is 0. The molecule has 216 valence electrons. The van der Waals surface area contributed by atoms with Crippen molar-refractivity contribution in [3.63, 3.8) is 0 Å². The first-order chi connectivity index (χ1) is 19.9. The van der Waals surface area contributed by atoms with Crippen LogP contribution < -0.4 is 20.7 Å². The minimum atomic E-state index is -4.42. The van der Waals surface area contributed by atoms with Crippen molar-refractivity contribution in [2.24, 2.45) is 0 Å². The number of ether oxygens (including phenoxy) is 2. The van der Waals surface area contributed by atoms with E-state index in [4.69, 9.17) is 8.83 Å². The van der Waals surface area contributed by atoms with Gasteiger partial charge in [-0.3, -0.25) is 0 Å². The van der Waals surface area contributed by atoms with Gasteiger partial charge in [-0.05, 0) is 47.2 Å². The molecule has 0 radical (unpaired) electrons. The molecule has 6 nitrogen and oxygen atoms in total. The first-order valence-electron chi connectivity index (χ1n) is 12.2. The zero-order valence-corrected chi connectivity index (χ0v) is 21.2. The summed E-state index contributed by atoms with van der Waals surface area (Å²) in [4.78, 5) is 23.7. The molecule has 0 amide bonds. The van der Waals surface area contributed by atoms with Crippen LogP contribution in [0.3, 0.4) is 0 Å². The molecule has 0 N–H and O–H groups in total. The highest BCUT2D eigenvalue weighted by Gasteiger charge is 2.29. The fourth-order valence-electron chi connectivity index (χ4n) is 4.23. The lowest BCUT2D eigenvalue weighted by atomic mass is 10.1. The highest BCUT2D eigenvalue weighted by molar-refractivity contribution is 6.05. The molecule has 6 rings (SSSR count). The van der Waals surface area contributed by atoms with Crippen LogP contribution in [0.25, 0.3) is 43.5 Å². The first-order valence-corrected chi connectivity index (χ1v) is 12.2. The fourth-order valence-corrected chi connectivity index (χ4v) is 4.23. The van der Waals surface area contributed by atoms with Gasteiger partial charge in [0.05, 0.1) is 10.8 Å². The van der Waals surface area contributed by atoms with Crippen LogP contribution in [-0.2, 0) is 0 Å². The van der Waals surface area contributed by atoms with Gasteiger partial charge >= 0.3 is 23.6 Å². The number of benzene rings is 4. The highest BCUT2D eigenvalue weighted by Crippen LogP contribution is 2.28. The van der Waals surface area contributed by atoms with E-state index in [1.807, 2.05) is 0 Å². The predicted molar refractivity (Wildman–Crippen MR) is 143 cm³/mol. The number of hydrogen-bond acceptors (Lipinski definition) is 6. The van der Waals surface area contributed by atoms with Crippen LogP contribution in [0.5, 0.6) is 11.5 Å². The summed E-state index contributed by atoms with van der Waals surface area (Å²) in [5.41, 5.74) is -0.686.